The molecule has 0 bridgehead atoms. The molecule has 0 radical (unpaired) electrons. The summed E-state index contributed by atoms with van der Waals surface area (Å²) >= 11 is 0. The van der Waals surface area contributed by atoms with Crippen molar-refractivity contribution in [3.05, 3.63) is 0 Å². The third kappa shape index (κ3) is 2.90. The summed E-state index contributed by atoms with van der Waals surface area (Å²) in [5.74, 6) is 0.954. The summed E-state index contributed by atoms with van der Waals surface area (Å²) in [6, 6.07) is 2.68. The van der Waals surface area contributed by atoms with Crippen LogP contribution in [0.5, 0.6) is 0 Å². The van der Waals surface area contributed by atoms with Gasteiger partial charge >= 0.3 is 0 Å². The highest BCUT2D eigenvalue weighted by atomic mass is 15.3. The van der Waals surface area contributed by atoms with Crippen molar-refractivity contribution in [3.63, 3.8) is 0 Å². The van der Waals surface area contributed by atoms with Gasteiger partial charge < -0.3 is 5.32 Å². The van der Waals surface area contributed by atoms with E-state index in [2.05, 4.69) is 15.1 Å². The van der Waals surface area contributed by atoms with Gasteiger partial charge in [0.2, 0.25) is 0 Å². The first-order chi connectivity index (χ1) is 9.90. The molecule has 0 amide bonds. The Bertz CT molecular complexity index is 322. The van der Waals surface area contributed by atoms with Crippen molar-refractivity contribution in [1.29, 1.82) is 0 Å². The van der Waals surface area contributed by atoms with Crippen molar-refractivity contribution in [2.24, 2.45) is 5.92 Å². The van der Waals surface area contributed by atoms with Crippen molar-refractivity contribution in [3.8, 4) is 0 Å². The first-order valence-electron chi connectivity index (χ1n) is 9.11. The lowest BCUT2D eigenvalue weighted by molar-refractivity contribution is 0.0706. The average molecular weight is 277 g/mol. The lowest BCUT2D eigenvalue weighted by Crippen LogP contribution is -2.51. The fraction of sp³-hybridized carbons (Fsp3) is 1.00. The summed E-state index contributed by atoms with van der Waals surface area (Å²) in [5, 5.41) is 3.75. The van der Waals surface area contributed by atoms with Gasteiger partial charge in [-0.2, -0.15) is 0 Å². The van der Waals surface area contributed by atoms with Crippen LogP contribution in [-0.4, -0.2) is 60.6 Å². The minimum atomic E-state index is 0.882. The standard InChI is InChI=1S/C17H31N3/c1-2-9-19(10-3-1)16-8-11-20(13-16)17-7-4-14(17)12-18-15-5-6-15/h14-18H,1-13H2. The monoisotopic (exact) mass is 277 g/mol. The molecule has 2 aliphatic carbocycles. The van der Waals surface area contributed by atoms with Crippen LogP contribution in [0.25, 0.3) is 0 Å². The summed E-state index contributed by atoms with van der Waals surface area (Å²) < 4.78 is 0. The van der Waals surface area contributed by atoms with Gasteiger partial charge in [-0.15, -0.1) is 0 Å². The Balaban J connectivity index is 1.25. The second kappa shape index (κ2) is 5.94. The first-order valence-corrected chi connectivity index (χ1v) is 9.11. The highest BCUT2D eigenvalue weighted by molar-refractivity contribution is 4.96. The van der Waals surface area contributed by atoms with E-state index in [4.69, 9.17) is 0 Å². The maximum Gasteiger partial charge on any atom is 0.0235 e. The minimum Gasteiger partial charge on any atom is -0.314 e. The Morgan fingerprint density at radius 1 is 0.800 bits per heavy atom. The molecule has 2 saturated heterocycles. The average Bonchev–Trinajstić information content (AvgIpc) is 3.16. The van der Waals surface area contributed by atoms with Crippen molar-refractivity contribution in [2.75, 3.05) is 32.7 Å². The summed E-state index contributed by atoms with van der Waals surface area (Å²) in [7, 11) is 0. The van der Waals surface area contributed by atoms with Crippen molar-refractivity contribution < 1.29 is 0 Å². The summed E-state index contributed by atoms with van der Waals surface area (Å²) in [6.07, 6.45) is 11.6. The van der Waals surface area contributed by atoms with E-state index in [0.29, 0.717) is 0 Å². The van der Waals surface area contributed by atoms with Gasteiger partial charge in [0.15, 0.2) is 0 Å². The van der Waals surface area contributed by atoms with Gasteiger partial charge in [-0.25, -0.2) is 0 Å². The molecule has 0 aromatic rings. The third-order valence-electron chi connectivity index (χ3n) is 6.19. The van der Waals surface area contributed by atoms with E-state index in [1.54, 1.807) is 0 Å². The van der Waals surface area contributed by atoms with E-state index in [1.165, 1.54) is 84.1 Å². The predicted octanol–water partition coefficient (Wildman–Crippen LogP) is 2.08. The Morgan fingerprint density at radius 2 is 1.65 bits per heavy atom. The molecule has 0 aromatic carbocycles. The molecule has 114 valence electrons. The van der Waals surface area contributed by atoms with Gasteiger partial charge in [-0.3, -0.25) is 9.80 Å². The number of hydrogen-bond donors (Lipinski definition) is 1. The maximum absolute atomic E-state index is 3.75. The molecule has 4 rings (SSSR count). The zero-order chi connectivity index (χ0) is 13.4. The fourth-order valence-corrected chi connectivity index (χ4v) is 4.53. The SMILES string of the molecule is C1CCN(C2CCN(C3CCC3CNC3CC3)C2)CC1. The second-order valence-electron chi connectivity index (χ2n) is 7.62. The molecule has 3 unspecified atom stereocenters. The second-order valence-corrected chi connectivity index (χ2v) is 7.62. The predicted molar refractivity (Wildman–Crippen MR) is 82.9 cm³/mol. The molecule has 0 spiro atoms. The van der Waals surface area contributed by atoms with Gasteiger partial charge in [0, 0.05) is 31.2 Å². The van der Waals surface area contributed by atoms with E-state index in [1.807, 2.05) is 0 Å². The zero-order valence-corrected chi connectivity index (χ0v) is 12.9. The van der Waals surface area contributed by atoms with Crippen LogP contribution in [0.2, 0.25) is 0 Å². The number of likely N-dealkylation sites (tertiary alicyclic amines) is 2. The summed E-state index contributed by atoms with van der Waals surface area (Å²) in [5.41, 5.74) is 0. The zero-order valence-electron chi connectivity index (χ0n) is 12.9. The lowest BCUT2D eigenvalue weighted by Gasteiger charge is -2.43. The van der Waals surface area contributed by atoms with Crippen LogP contribution in [0.3, 0.4) is 0 Å². The van der Waals surface area contributed by atoms with Gasteiger partial charge in [0.05, 0.1) is 0 Å². The van der Waals surface area contributed by atoms with Crippen LogP contribution in [0.15, 0.2) is 0 Å². The molecule has 2 heterocycles. The van der Waals surface area contributed by atoms with Crippen LogP contribution < -0.4 is 5.32 Å². The van der Waals surface area contributed by atoms with E-state index < -0.39 is 0 Å². The van der Waals surface area contributed by atoms with Crippen molar-refractivity contribution >= 4 is 0 Å². The molecule has 4 fully saturated rings. The highest BCUT2D eigenvalue weighted by Crippen LogP contribution is 2.35. The van der Waals surface area contributed by atoms with E-state index >= 15 is 0 Å². The molecule has 3 nitrogen and oxygen atoms in total. The van der Waals surface area contributed by atoms with Crippen LogP contribution in [0.4, 0.5) is 0 Å². The quantitative estimate of drug-likeness (QED) is 0.830. The maximum atomic E-state index is 3.75. The van der Waals surface area contributed by atoms with E-state index in [9.17, 15) is 0 Å². The normalized spacial score (nSPS) is 39.9. The number of hydrogen-bond acceptors (Lipinski definition) is 3. The summed E-state index contributed by atoms with van der Waals surface area (Å²) in [4.78, 5) is 5.63. The lowest BCUT2D eigenvalue weighted by atomic mass is 9.78. The van der Waals surface area contributed by atoms with Gasteiger partial charge in [0.1, 0.15) is 0 Å². The number of nitrogens with one attached hydrogen (secondary N) is 1. The number of piperidine rings is 1. The number of rotatable bonds is 5. The minimum absolute atomic E-state index is 0.882. The molecule has 3 atom stereocenters. The molecule has 20 heavy (non-hydrogen) atoms. The van der Waals surface area contributed by atoms with Crippen LogP contribution in [0.1, 0.15) is 51.4 Å². The van der Waals surface area contributed by atoms with Gasteiger partial charge in [0.25, 0.3) is 0 Å². The van der Waals surface area contributed by atoms with Crippen molar-refractivity contribution in [2.45, 2.75) is 69.5 Å². The molecule has 4 aliphatic rings. The van der Waals surface area contributed by atoms with Crippen LogP contribution >= 0.6 is 0 Å². The first kappa shape index (κ1) is 13.5. The molecule has 2 saturated carbocycles. The van der Waals surface area contributed by atoms with Gasteiger partial charge in [-0.05, 0) is 70.5 Å². The molecule has 0 aromatic heterocycles. The Morgan fingerprint density at radius 3 is 2.35 bits per heavy atom. The number of nitrogens with zero attached hydrogens (tertiary/aromatic N) is 2. The molecule has 1 N–H and O–H groups in total. The summed E-state index contributed by atoms with van der Waals surface area (Å²) in [6.45, 7) is 6.77. The Labute approximate surface area is 124 Å². The molecular formula is C17H31N3. The Kier molecular flexibility index (Phi) is 4.02. The molecular weight excluding hydrogens is 246 g/mol. The smallest absolute Gasteiger partial charge is 0.0235 e. The Hall–Kier alpha value is -0.120. The van der Waals surface area contributed by atoms with E-state index in [-0.39, 0.29) is 0 Å². The third-order valence-corrected chi connectivity index (χ3v) is 6.19. The molecule has 2 aliphatic heterocycles. The highest BCUT2D eigenvalue weighted by Gasteiger charge is 2.40. The van der Waals surface area contributed by atoms with Gasteiger partial charge in [-0.1, -0.05) is 6.42 Å². The topological polar surface area (TPSA) is 18.5 Å². The van der Waals surface area contributed by atoms with Crippen LogP contribution in [0, 0.1) is 5.92 Å². The molecule has 3 heteroatoms. The van der Waals surface area contributed by atoms with Crippen LogP contribution in [-0.2, 0) is 0 Å². The largest absolute Gasteiger partial charge is 0.314 e. The van der Waals surface area contributed by atoms with Crippen molar-refractivity contribution in [1.82, 2.24) is 15.1 Å². The van der Waals surface area contributed by atoms with E-state index in [0.717, 1.165) is 24.0 Å². The fourth-order valence-electron chi connectivity index (χ4n) is 4.53.